The second-order valence-corrected chi connectivity index (χ2v) is 9.59. The first-order valence-electron chi connectivity index (χ1n) is 11.5. The maximum atomic E-state index is 13.2. The molecule has 7 nitrogen and oxygen atoms in total. The van der Waals surface area contributed by atoms with E-state index in [1.807, 2.05) is 24.3 Å². The predicted molar refractivity (Wildman–Crippen MR) is 131 cm³/mol. The fourth-order valence-electron chi connectivity index (χ4n) is 4.21. The van der Waals surface area contributed by atoms with Gasteiger partial charge in [0.15, 0.2) is 6.04 Å². The number of fused-ring (bicyclic) bond motifs is 3. The average Bonchev–Trinajstić information content (AvgIpc) is 3.19. The highest BCUT2D eigenvalue weighted by Crippen LogP contribution is 2.38. The highest BCUT2D eigenvalue weighted by atomic mass is 16.7. The molecule has 1 unspecified atom stereocenters. The zero-order chi connectivity index (χ0) is 25.2. The van der Waals surface area contributed by atoms with E-state index in [9.17, 15) is 19.8 Å². The quantitative estimate of drug-likeness (QED) is 0.351. The van der Waals surface area contributed by atoms with Gasteiger partial charge in [-0.2, -0.15) is 5.06 Å². The lowest BCUT2D eigenvalue weighted by atomic mass is 10.0. The minimum absolute atomic E-state index is 0.00839. The van der Waals surface area contributed by atoms with E-state index in [4.69, 9.17) is 9.57 Å². The van der Waals surface area contributed by atoms with Crippen LogP contribution in [0.15, 0.2) is 66.7 Å². The molecule has 0 aliphatic heterocycles. The molecule has 2 N–H and O–H groups in total. The number of aromatic hydroxyl groups is 1. The van der Waals surface area contributed by atoms with E-state index in [1.54, 1.807) is 32.9 Å². The Morgan fingerprint density at radius 3 is 2.34 bits per heavy atom. The summed E-state index contributed by atoms with van der Waals surface area (Å²) < 4.78 is 5.61. The lowest BCUT2D eigenvalue weighted by molar-refractivity contribution is -0.229. The number of ether oxygens (including phenoxy) is 1. The summed E-state index contributed by atoms with van der Waals surface area (Å²) in [5, 5.41) is 20.3. The number of hydrogen-bond acceptors (Lipinski definition) is 5. The van der Waals surface area contributed by atoms with Crippen molar-refractivity contribution in [2.24, 2.45) is 0 Å². The van der Waals surface area contributed by atoms with Gasteiger partial charge < -0.3 is 14.9 Å². The number of rotatable bonds is 7. The van der Waals surface area contributed by atoms with Crippen LogP contribution in [0.25, 0.3) is 11.1 Å². The van der Waals surface area contributed by atoms with Crippen LogP contribution in [0, 0.1) is 0 Å². The van der Waals surface area contributed by atoms with E-state index in [1.165, 1.54) is 23.3 Å². The van der Waals surface area contributed by atoms with Crippen molar-refractivity contribution < 1.29 is 29.4 Å². The van der Waals surface area contributed by atoms with E-state index in [0.717, 1.165) is 28.2 Å². The number of carbonyl (C=O) groups excluding carboxylic acids is 1. The summed E-state index contributed by atoms with van der Waals surface area (Å²) in [7, 11) is 0. The summed E-state index contributed by atoms with van der Waals surface area (Å²) >= 11 is 0. The third-order valence-corrected chi connectivity index (χ3v) is 5.78. The standard InChI is InChI=1S/C28H29NO6/c1-28(2,3)35-29(25(26(31)32)15-18-11-13-21(30)14-12-18)27(33)34-17-20-8-6-10-23-22-9-5-4-7-19(22)16-24(20)23/h4-14,25,30H,15-17H2,1-3H3,(H,31,32). The van der Waals surface area contributed by atoms with Crippen molar-refractivity contribution in [3.63, 3.8) is 0 Å². The number of hydroxylamine groups is 2. The minimum Gasteiger partial charge on any atom is -0.508 e. The summed E-state index contributed by atoms with van der Waals surface area (Å²) in [6.45, 7) is 5.18. The SMILES string of the molecule is CC(C)(C)ON(C(=O)OCc1cccc2c1Cc1ccccc1-2)C(Cc1ccc(O)cc1)C(=O)O. The second kappa shape index (κ2) is 9.80. The number of amides is 1. The zero-order valence-corrected chi connectivity index (χ0v) is 20.0. The third kappa shape index (κ3) is 5.63. The van der Waals surface area contributed by atoms with Gasteiger partial charge in [-0.3, -0.25) is 4.84 Å². The average molecular weight is 476 g/mol. The van der Waals surface area contributed by atoms with Crippen LogP contribution in [0.5, 0.6) is 5.75 Å². The molecule has 4 rings (SSSR count). The number of hydrogen-bond donors (Lipinski definition) is 2. The van der Waals surface area contributed by atoms with Crippen LogP contribution in [-0.2, 0) is 33.8 Å². The first-order chi connectivity index (χ1) is 16.6. The van der Waals surface area contributed by atoms with E-state index in [-0.39, 0.29) is 18.8 Å². The molecule has 0 spiro atoms. The van der Waals surface area contributed by atoms with Gasteiger partial charge in [0.1, 0.15) is 12.4 Å². The Morgan fingerprint density at radius 1 is 0.971 bits per heavy atom. The molecule has 182 valence electrons. The van der Waals surface area contributed by atoms with E-state index < -0.39 is 23.7 Å². The Balaban J connectivity index is 1.54. The number of carbonyl (C=O) groups is 2. The van der Waals surface area contributed by atoms with Gasteiger partial charge in [-0.15, -0.1) is 0 Å². The number of phenolic OH excluding ortho intramolecular Hbond substituents is 1. The summed E-state index contributed by atoms with van der Waals surface area (Å²) in [6.07, 6.45) is -0.143. The number of aliphatic carboxylic acids is 1. The first-order valence-corrected chi connectivity index (χ1v) is 11.5. The molecule has 0 saturated carbocycles. The van der Waals surface area contributed by atoms with Crippen molar-refractivity contribution in [2.75, 3.05) is 0 Å². The first kappa shape index (κ1) is 24.3. The molecule has 3 aromatic carbocycles. The van der Waals surface area contributed by atoms with Gasteiger partial charge in [-0.05, 0) is 72.7 Å². The van der Waals surface area contributed by atoms with Gasteiger partial charge in [0.2, 0.25) is 0 Å². The van der Waals surface area contributed by atoms with Gasteiger partial charge in [-0.1, -0.05) is 54.6 Å². The molecular weight excluding hydrogens is 446 g/mol. The normalized spacial score (nSPS) is 13.0. The molecule has 1 aliphatic rings. The van der Waals surface area contributed by atoms with Crippen molar-refractivity contribution in [2.45, 2.75) is 51.9 Å². The van der Waals surface area contributed by atoms with Gasteiger partial charge in [0.25, 0.3) is 0 Å². The van der Waals surface area contributed by atoms with Crippen LogP contribution in [0.1, 0.15) is 43.0 Å². The van der Waals surface area contributed by atoms with Crippen LogP contribution in [0.2, 0.25) is 0 Å². The highest BCUT2D eigenvalue weighted by molar-refractivity contribution is 5.80. The van der Waals surface area contributed by atoms with Crippen molar-refractivity contribution in [1.29, 1.82) is 0 Å². The van der Waals surface area contributed by atoms with Crippen molar-refractivity contribution in [3.8, 4) is 16.9 Å². The van der Waals surface area contributed by atoms with E-state index >= 15 is 0 Å². The molecule has 0 aromatic heterocycles. The van der Waals surface area contributed by atoms with Gasteiger partial charge in [0.05, 0.1) is 5.60 Å². The van der Waals surface area contributed by atoms with Gasteiger partial charge in [0, 0.05) is 6.42 Å². The Morgan fingerprint density at radius 2 is 1.66 bits per heavy atom. The molecule has 1 atom stereocenters. The van der Waals surface area contributed by atoms with E-state index in [2.05, 4.69) is 18.2 Å². The molecule has 1 aliphatic carbocycles. The van der Waals surface area contributed by atoms with Crippen LogP contribution in [0.4, 0.5) is 4.79 Å². The Kier molecular flexibility index (Phi) is 6.80. The third-order valence-electron chi connectivity index (χ3n) is 5.78. The highest BCUT2D eigenvalue weighted by Gasteiger charge is 2.36. The number of phenols is 1. The number of nitrogens with zero attached hydrogens (tertiary/aromatic N) is 1. The van der Waals surface area contributed by atoms with Crippen LogP contribution in [0.3, 0.4) is 0 Å². The number of benzene rings is 3. The molecule has 0 heterocycles. The zero-order valence-electron chi connectivity index (χ0n) is 20.0. The van der Waals surface area contributed by atoms with Crippen LogP contribution >= 0.6 is 0 Å². The molecule has 0 saturated heterocycles. The topological polar surface area (TPSA) is 96.3 Å². The van der Waals surface area contributed by atoms with Crippen LogP contribution < -0.4 is 0 Å². The monoisotopic (exact) mass is 475 g/mol. The van der Waals surface area contributed by atoms with Crippen molar-refractivity contribution >= 4 is 12.1 Å². The molecule has 3 aromatic rings. The van der Waals surface area contributed by atoms with Crippen molar-refractivity contribution in [1.82, 2.24) is 5.06 Å². The molecular formula is C28H29NO6. The summed E-state index contributed by atoms with van der Waals surface area (Å²) in [4.78, 5) is 31.1. The summed E-state index contributed by atoms with van der Waals surface area (Å²) in [5.41, 5.74) is 5.28. The maximum Gasteiger partial charge on any atom is 0.435 e. The largest absolute Gasteiger partial charge is 0.508 e. The van der Waals surface area contributed by atoms with Crippen LogP contribution in [-0.4, -0.2) is 39.0 Å². The molecule has 35 heavy (non-hydrogen) atoms. The van der Waals surface area contributed by atoms with Crippen molar-refractivity contribution in [3.05, 3.63) is 89.0 Å². The molecule has 1 amide bonds. The number of carboxylic acids is 1. The van der Waals surface area contributed by atoms with Gasteiger partial charge >= 0.3 is 12.1 Å². The predicted octanol–water partition coefficient (Wildman–Crippen LogP) is 5.33. The summed E-state index contributed by atoms with van der Waals surface area (Å²) in [6, 6.07) is 18.9. The maximum absolute atomic E-state index is 13.2. The Labute approximate surface area is 204 Å². The smallest absolute Gasteiger partial charge is 0.435 e. The van der Waals surface area contributed by atoms with Gasteiger partial charge in [-0.25, -0.2) is 9.59 Å². The molecule has 0 radical (unpaired) electrons. The summed E-state index contributed by atoms with van der Waals surface area (Å²) in [5.74, 6) is -1.16. The fraction of sp³-hybridized carbons (Fsp3) is 0.286. The lowest BCUT2D eigenvalue weighted by Crippen LogP contribution is -2.49. The second-order valence-electron chi connectivity index (χ2n) is 9.59. The minimum atomic E-state index is -1.32. The molecule has 7 heteroatoms. The fourth-order valence-corrected chi connectivity index (χ4v) is 4.21. The Hall–Kier alpha value is -3.84. The molecule has 0 fully saturated rings. The number of carboxylic acid groups (broad SMARTS) is 1. The van der Waals surface area contributed by atoms with E-state index in [0.29, 0.717) is 5.56 Å². The lowest BCUT2D eigenvalue weighted by Gasteiger charge is -2.33. The molecule has 0 bridgehead atoms. The Bertz CT molecular complexity index is 1230.